The minimum absolute atomic E-state index is 0.120. The molecule has 1 heterocycles. The molecule has 166 valence electrons. The minimum atomic E-state index is 0.120. The van der Waals surface area contributed by atoms with Crippen molar-refractivity contribution in [3.8, 4) is 17.2 Å². The number of hydrogen-bond donors (Lipinski definition) is 2. The van der Waals surface area contributed by atoms with Crippen molar-refractivity contribution < 1.29 is 18.6 Å². The molecule has 1 atom stereocenters. The van der Waals surface area contributed by atoms with Gasteiger partial charge >= 0.3 is 0 Å². The van der Waals surface area contributed by atoms with Gasteiger partial charge in [-0.25, -0.2) is 0 Å². The van der Waals surface area contributed by atoms with Gasteiger partial charge in [-0.2, -0.15) is 0 Å². The molecule has 0 amide bonds. The quantitative estimate of drug-likeness (QED) is 0.429. The van der Waals surface area contributed by atoms with E-state index in [2.05, 4.69) is 34.4 Å². The van der Waals surface area contributed by atoms with Crippen LogP contribution in [0.5, 0.6) is 17.2 Å². The first kappa shape index (κ1) is 23.4. The summed E-state index contributed by atoms with van der Waals surface area (Å²) in [6.45, 7) is 7.38. The molecule has 8 heteroatoms. The van der Waals surface area contributed by atoms with Crippen molar-refractivity contribution in [3.63, 3.8) is 0 Å². The van der Waals surface area contributed by atoms with Crippen LogP contribution in [0, 0.1) is 0 Å². The first-order valence-corrected chi connectivity index (χ1v) is 10.1. The fourth-order valence-corrected chi connectivity index (χ4v) is 3.39. The molecule has 0 radical (unpaired) electrons. The predicted molar refractivity (Wildman–Crippen MR) is 119 cm³/mol. The molecule has 1 aromatic heterocycles. The van der Waals surface area contributed by atoms with E-state index in [1.165, 1.54) is 0 Å². The Kier molecular flexibility index (Phi) is 9.34. The molecule has 0 spiro atoms. The molecule has 2 rings (SSSR count). The molecule has 1 aromatic carbocycles. The Morgan fingerprint density at radius 1 is 1.07 bits per heavy atom. The van der Waals surface area contributed by atoms with Gasteiger partial charge in [0.25, 0.3) is 0 Å². The lowest BCUT2D eigenvalue weighted by molar-refractivity contribution is 0.193. The van der Waals surface area contributed by atoms with Crippen LogP contribution in [0.25, 0.3) is 0 Å². The fraction of sp³-hybridized carbons (Fsp3) is 0.500. The van der Waals surface area contributed by atoms with Crippen molar-refractivity contribution in [2.24, 2.45) is 4.99 Å². The molecule has 0 aliphatic rings. The molecular formula is C22H34N4O4. The van der Waals surface area contributed by atoms with E-state index >= 15 is 0 Å². The van der Waals surface area contributed by atoms with E-state index in [-0.39, 0.29) is 6.04 Å². The van der Waals surface area contributed by atoms with E-state index in [1.807, 2.05) is 24.3 Å². The number of likely N-dealkylation sites (N-methyl/N-ethyl adjacent to an activating group) is 1. The van der Waals surface area contributed by atoms with Crippen molar-refractivity contribution in [1.82, 2.24) is 15.5 Å². The largest absolute Gasteiger partial charge is 0.493 e. The van der Waals surface area contributed by atoms with E-state index < -0.39 is 0 Å². The summed E-state index contributed by atoms with van der Waals surface area (Å²) in [6, 6.07) is 7.89. The molecule has 8 nitrogen and oxygen atoms in total. The molecule has 2 N–H and O–H groups in total. The molecule has 2 aromatic rings. The zero-order valence-corrected chi connectivity index (χ0v) is 18.8. The summed E-state index contributed by atoms with van der Waals surface area (Å²) >= 11 is 0. The van der Waals surface area contributed by atoms with Gasteiger partial charge in [-0.1, -0.05) is 13.8 Å². The van der Waals surface area contributed by atoms with E-state index in [0.29, 0.717) is 36.3 Å². The second-order valence-electron chi connectivity index (χ2n) is 6.59. The van der Waals surface area contributed by atoms with E-state index in [0.717, 1.165) is 24.4 Å². The summed E-state index contributed by atoms with van der Waals surface area (Å²) in [7, 11) is 6.56. The smallest absolute Gasteiger partial charge is 0.203 e. The van der Waals surface area contributed by atoms with Gasteiger partial charge in [0.1, 0.15) is 5.76 Å². The Balaban J connectivity index is 2.05. The number of nitrogens with zero attached hydrogens (tertiary/aromatic N) is 2. The van der Waals surface area contributed by atoms with Crippen molar-refractivity contribution >= 4 is 5.96 Å². The molecule has 30 heavy (non-hydrogen) atoms. The fourth-order valence-electron chi connectivity index (χ4n) is 3.39. The highest BCUT2D eigenvalue weighted by Crippen LogP contribution is 2.38. The monoisotopic (exact) mass is 418 g/mol. The number of nitrogens with one attached hydrogen (secondary N) is 2. The van der Waals surface area contributed by atoms with Crippen LogP contribution in [-0.4, -0.2) is 58.9 Å². The first-order chi connectivity index (χ1) is 14.6. The highest BCUT2D eigenvalue weighted by Gasteiger charge is 2.21. The lowest BCUT2D eigenvalue weighted by atomic mass is 10.1. The Hall–Kier alpha value is -2.87. The molecule has 0 aliphatic carbocycles. The number of furan rings is 1. The topological polar surface area (TPSA) is 80.5 Å². The van der Waals surface area contributed by atoms with Crippen molar-refractivity contribution in [2.75, 3.05) is 48.0 Å². The summed E-state index contributed by atoms with van der Waals surface area (Å²) < 4.78 is 21.9. The standard InChI is InChI=1S/C22H34N4O4/c1-7-26(8-2)17(18-10-9-11-30-18)15-25-22(23-3)24-14-16-12-19(27-4)21(29-6)20(13-16)28-5/h9-13,17H,7-8,14-15H2,1-6H3,(H2,23,24,25). The van der Waals surface area contributed by atoms with Gasteiger partial charge in [0.05, 0.1) is 33.6 Å². The third-order valence-corrected chi connectivity index (χ3v) is 5.00. The normalized spacial score (nSPS) is 12.6. The number of rotatable bonds is 11. The van der Waals surface area contributed by atoms with Crippen LogP contribution in [0.1, 0.15) is 31.2 Å². The second-order valence-corrected chi connectivity index (χ2v) is 6.59. The Bertz CT molecular complexity index is 763. The van der Waals surface area contributed by atoms with Crippen LogP contribution in [0.15, 0.2) is 39.9 Å². The highest BCUT2D eigenvalue weighted by atomic mass is 16.5. The van der Waals surface area contributed by atoms with Crippen LogP contribution in [0.3, 0.4) is 0 Å². The van der Waals surface area contributed by atoms with Gasteiger partial charge in [-0.05, 0) is 42.9 Å². The minimum Gasteiger partial charge on any atom is -0.493 e. The zero-order valence-electron chi connectivity index (χ0n) is 18.8. The molecule has 0 bridgehead atoms. The van der Waals surface area contributed by atoms with Crippen LogP contribution >= 0.6 is 0 Å². The Morgan fingerprint density at radius 2 is 1.73 bits per heavy atom. The third kappa shape index (κ3) is 5.82. The van der Waals surface area contributed by atoms with E-state index in [1.54, 1.807) is 34.6 Å². The molecule has 0 saturated carbocycles. The number of benzene rings is 1. The number of aliphatic imine (C=N–C) groups is 1. The molecule has 0 saturated heterocycles. The predicted octanol–water partition coefficient (Wildman–Crippen LogP) is 3.05. The van der Waals surface area contributed by atoms with Crippen LogP contribution < -0.4 is 24.8 Å². The SMILES string of the molecule is CCN(CC)C(CNC(=NC)NCc1cc(OC)c(OC)c(OC)c1)c1ccco1. The summed E-state index contributed by atoms with van der Waals surface area (Å²) in [5.41, 5.74) is 0.985. The third-order valence-electron chi connectivity index (χ3n) is 5.00. The van der Waals surface area contributed by atoms with Crippen molar-refractivity contribution in [3.05, 3.63) is 41.9 Å². The maximum atomic E-state index is 5.67. The van der Waals surface area contributed by atoms with E-state index in [9.17, 15) is 0 Å². The summed E-state index contributed by atoms with van der Waals surface area (Å²) in [4.78, 5) is 6.69. The lowest BCUT2D eigenvalue weighted by Gasteiger charge is -2.28. The molecule has 0 fully saturated rings. The number of hydrogen-bond acceptors (Lipinski definition) is 6. The first-order valence-electron chi connectivity index (χ1n) is 10.1. The van der Waals surface area contributed by atoms with Gasteiger partial charge in [0.2, 0.25) is 5.75 Å². The highest BCUT2D eigenvalue weighted by molar-refractivity contribution is 5.79. The zero-order chi connectivity index (χ0) is 21.9. The van der Waals surface area contributed by atoms with Gasteiger partial charge in [-0.15, -0.1) is 0 Å². The molecule has 1 unspecified atom stereocenters. The van der Waals surface area contributed by atoms with Crippen LogP contribution in [0.2, 0.25) is 0 Å². The van der Waals surface area contributed by atoms with Crippen molar-refractivity contribution in [2.45, 2.75) is 26.4 Å². The maximum absolute atomic E-state index is 5.67. The lowest BCUT2D eigenvalue weighted by Crippen LogP contribution is -2.42. The van der Waals surface area contributed by atoms with Crippen LogP contribution in [0.4, 0.5) is 0 Å². The average molecular weight is 419 g/mol. The van der Waals surface area contributed by atoms with Gasteiger partial charge in [-0.3, -0.25) is 9.89 Å². The second kappa shape index (κ2) is 12.0. The number of methoxy groups -OCH3 is 3. The number of guanidine groups is 1. The van der Waals surface area contributed by atoms with E-state index in [4.69, 9.17) is 18.6 Å². The summed E-state index contributed by atoms with van der Waals surface area (Å²) in [5.74, 6) is 3.46. The maximum Gasteiger partial charge on any atom is 0.203 e. The van der Waals surface area contributed by atoms with Gasteiger partial charge in [0, 0.05) is 20.1 Å². The summed E-state index contributed by atoms with van der Waals surface area (Å²) in [6.07, 6.45) is 1.71. The Morgan fingerprint density at radius 3 is 2.20 bits per heavy atom. The number of ether oxygens (including phenoxy) is 3. The van der Waals surface area contributed by atoms with Crippen molar-refractivity contribution in [1.29, 1.82) is 0 Å². The van der Waals surface area contributed by atoms with Crippen LogP contribution in [-0.2, 0) is 6.54 Å². The van der Waals surface area contributed by atoms with Gasteiger partial charge < -0.3 is 29.3 Å². The molecular weight excluding hydrogens is 384 g/mol. The summed E-state index contributed by atoms with van der Waals surface area (Å²) in [5, 5.41) is 6.75. The Labute approximate surface area is 179 Å². The molecule has 0 aliphatic heterocycles. The van der Waals surface area contributed by atoms with Gasteiger partial charge in [0.15, 0.2) is 17.5 Å². The average Bonchev–Trinajstić information content (AvgIpc) is 3.32.